The van der Waals surface area contributed by atoms with Crippen molar-refractivity contribution in [3.8, 4) is 6.07 Å². The zero-order valence-corrected chi connectivity index (χ0v) is 16.6. The predicted molar refractivity (Wildman–Crippen MR) is 104 cm³/mol. The molecule has 2 amide bonds. The van der Waals surface area contributed by atoms with E-state index in [1.165, 1.54) is 40.9 Å². The maximum Gasteiger partial charge on any atom is 0.260 e. The van der Waals surface area contributed by atoms with Gasteiger partial charge in [-0.1, -0.05) is 18.2 Å². The molecule has 1 unspecified atom stereocenters. The van der Waals surface area contributed by atoms with E-state index < -0.39 is 17.0 Å². The van der Waals surface area contributed by atoms with Gasteiger partial charge in [0.25, 0.3) is 5.91 Å². The lowest BCUT2D eigenvalue weighted by Gasteiger charge is -2.22. The van der Waals surface area contributed by atoms with Crippen LogP contribution in [0.4, 0.5) is 4.39 Å². The van der Waals surface area contributed by atoms with Gasteiger partial charge in [0.1, 0.15) is 16.9 Å². The van der Waals surface area contributed by atoms with Crippen molar-refractivity contribution in [1.82, 2.24) is 9.88 Å². The number of aryl methyl sites for hydroxylation is 2. The summed E-state index contributed by atoms with van der Waals surface area (Å²) in [5.41, 5.74) is 2.34. The number of carbonyl (C=O) groups is 2. The molecule has 1 aromatic carbocycles. The Hall–Kier alpha value is -2.72. The number of hydrogen-bond donors (Lipinski definition) is 0. The summed E-state index contributed by atoms with van der Waals surface area (Å²) in [5.74, 6) is -1.15. The molecule has 0 aliphatic carbocycles. The molecule has 1 saturated heterocycles. The smallest absolute Gasteiger partial charge is 0.260 e. The Morgan fingerprint density at radius 2 is 2.00 bits per heavy atom. The van der Waals surface area contributed by atoms with Gasteiger partial charge in [0.05, 0.1) is 10.8 Å². The monoisotopic (exact) mass is 397 g/mol. The number of nitriles is 1. The van der Waals surface area contributed by atoms with Gasteiger partial charge >= 0.3 is 0 Å². The van der Waals surface area contributed by atoms with Crippen LogP contribution in [0.2, 0.25) is 0 Å². The van der Waals surface area contributed by atoms with E-state index in [4.69, 9.17) is 0 Å². The lowest BCUT2D eigenvalue weighted by Crippen LogP contribution is -2.41. The Morgan fingerprint density at radius 1 is 1.29 bits per heavy atom. The third-order valence-electron chi connectivity index (χ3n) is 4.65. The SMILES string of the molecule is Cc1cc(C)c(C#N)c(SC2CCCCN(C(=O)c3ccc(F)cc3)C2=O)n1. The van der Waals surface area contributed by atoms with Gasteiger partial charge in [-0.15, -0.1) is 0 Å². The fourth-order valence-corrected chi connectivity index (χ4v) is 4.53. The van der Waals surface area contributed by atoms with E-state index in [2.05, 4.69) is 11.1 Å². The number of amides is 2. The number of hydrogen-bond acceptors (Lipinski definition) is 5. The second-order valence-electron chi connectivity index (χ2n) is 6.78. The van der Waals surface area contributed by atoms with Crippen LogP contribution >= 0.6 is 11.8 Å². The van der Waals surface area contributed by atoms with E-state index in [-0.39, 0.29) is 11.5 Å². The van der Waals surface area contributed by atoms with Gasteiger partial charge in [0.2, 0.25) is 5.91 Å². The first-order chi connectivity index (χ1) is 13.4. The van der Waals surface area contributed by atoms with E-state index in [1.54, 1.807) is 0 Å². The van der Waals surface area contributed by atoms with Crippen LogP contribution in [0.5, 0.6) is 0 Å². The molecule has 1 aromatic heterocycles. The zero-order valence-electron chi connectivity index (χ0n) is 15.7. The summed E-state index contributed by atoms with van der Waals surface area (Å²) in [6.07, 6.45) is 2.11. The number of aromatic nitrogens is 1. The Kier molecular flexibility index (Phi) is 6.10. The van der Waals surface area contributed by atoms with E-state index in [9.17, 15) is 19.2 Å². The Balaban J connectivity index is 1.87. The van der Waals surface area contributed by atoms with Crippen LogP contribution in [0.1, 0.15) is 46.4 Å². The highest BCUT2D eigenvalue weighted by atomic mass is 32.2. The molecule has 2 aromatic rings. The fourth-order valence-electron chi connectivity index (χ4n) is 3.22. The summed E-state index contributed by atoms with van der Waals surface area (Å²) in [5, 5.41) is 9.50. The third-order valence-corrected chi connectivity index (χ3v) is 5.89. The maximum absolute atomic E-state index is 13.1. The summed E-state index contributed by atoms with van der Waals surface area (Å²) in [4.78, 5) is 31.6. The molecule has 2 heterocycles. The molecule has 0 N–H and O–H groups in total. The number of halogens is 1. The van der Waals surface area contributed by atoms with E-state index in [0.717, 1.165) is 17.7 Å². The fraction of sp³-hybridized carbons (Fsp3) is 0.333. The van der Waals surface area contributed by atoms with Gasteiger partial charge in [-0.3, -0.25) is 14.5 Å². The van der Waals surface area contributed by atoms with E-state index in [0.29, 0.717) is 30.0 Å². The molecule has 7 heteroatoms. The second kappa shape index (κ2) is 8.53. The summed E-state index contributed by atoms with van der Waals surface area (Å²) < 4.78 is 13.1. The summed E-state index contributed by atoms with van der Waals surface area (Å²) in [7, 11) is 0. The molecule has 0 saturated carbocycles. The van der Waals surface area contributed by atoms with Crippen molar-refractivity contribution in [3.63, 3.8) is 0 Å². The molecule has 1 aliphatic rings. The second-order valence-corrected chi connectivity index (χ2v) is 7.97. The van der Waals surface area contributed by atoms with Gasteiger partial charge in [-0.05, 0) is 62.6 Å². The number of pyridine rings is 1. The molecular formula is C21H20FN3O2S. The van der Waals surface area contributed by atoms with Crippen LogP contribution < -0.4 is 0 Å². The molecular weight excluding hydrogens is 377 g/mol. The van der Waals surface area contributed by atoms with Gasteiger partial charge in [0.15, 0.2) is 0 Å². The number of rotatable bonds is 3. The predicted octanol–water partition coefficient (Wildman–Crippen LogP) is 4.02. The average Bonchev–Trinajstić information content (AvgIpc) is 2.83. The molecule has 0 radical (unpaired) electrons. The number of imide groups is 1. The molecule has 3 rings (SSSR count). The lowest BCUT2D eigenvalue weighted by molar-refractivity contribution is -0.127. The third kappa shape index (κ3) is 4.23. The van der Waals surface area contributed by atoms with Crippen molar-refractivity contribution in [3.05, 3.63) is 58.5 Å². The lowest BCUT2D eigenvalue weighted by atomic mass is 10.1. The molecule has 0 bridgehead atoms. The molecule has 28 heavy (non-hydrogen) atoms. The average molecular weight is 397 g/mol. The molecule has 144 valence electrons. The normalized spacial score (nSPS) is 17.1. The standard InChI is InChI=1S/C21H20FN3O2S/c1-13-11-14(2)24-19(17(13)12-23)28-18-5-3-4-10-25(21(18)27)20(26)15-6-8-16(22)9-7-15/h6-9,11,18H,3-5,10H2,1-2H3. The molecule has 0 spiro atoms. The van der Waals surface area contributed by atoms with Crippen LogP contribution in [0, 0.1) is 31.0 Å². The highest BCUT2D eigenvalue weighted by molar-refractivity contribution is 8.00. The van der Waals surface area contributed by atoms with Crippen LogP contribution in [0.25, 0.3) is 0 Å². The molecule has 1 aliphatic heterocycles. The summed E-state index contributed by atoms with van der Waals surface area (Å²) in [6, 6.07) is 9.19. The minimum Gasteiger partial charge on any atom is -0.278 e. The first kappa shape index (κ1) is 20.0. The van der Waals surface area contributed by atoms with Gasteiger partial charge in [0, 0.05) is 17.8 Å². The Bertz CT molecular complexity index is 953. The Morgan fingerprint density at radius 3 is 2.68 bits per heavy atom. The van der Waals surface area contributed by atoms with Crippen molar-refractivity contribution in [2.45, 2.75) is 43.4 Å². The van der Waals surface area contributed by atoms with Gasteiger partial charge in [-0.2, -0.15) is 5.26 Å². The number of carbonyl (C=O) groups excluding carboxylic acids is 2. The molecule has 1 fully saturated rings. The molecule has 5 nitrogen and oxygen atoms in total. The van der Waals surface area contributed by atoms with Crippen molar-refractivity contribution < 1.29 is 14.0 Å². The van der Waals surface area contributed by atoms with Crippen LogP contribution in [-0.4, -0.2) is 33.5 Å². The highest BCUT2D eigenvalue weighted by Gasteiger charge is 2.33. The summed E-state index contributed by atoms with van der Waals surface area (Å²) in [6.45, 7) is 4.02. The summed E-state index contributed by atoms with van der Waals surface area (Å²) >= 11 is 1.25. The quantitative estimate of drug-likeness (QED) is 0.731. The van der Waals surface area contributed by atoms with Gasteiger partial charge < -0.3 is 0 Å². The number of likely N-dealkylation sites (tertiary alicyclic amines) is 1. The van der Waals surface area contributed by atoms with E-state index >= 15 is 0 Å². The zero-order chi connectivity index (χ0) is 20.3. The highest BCUT2D eigenvalue weighted by Crippen LogP contribution is 2.32. The minimum atomic E-state index is -0.493. The first-order valence-corrected chi connectivity index (χ1v) is 9.95. The molecule has 1 atom stereocenters. The van der Waals surface area contributed by atoms with E-state index in [1.807, 2.05) is 19.9 Å². The number of nitrogens with zero attached hydrogens (tertiary/aromatic N) is 3. The van der Waals surface area contributed by atoms with Crippen molar-refractivity contribution in [1.29, 1.82) is 5.26 Å². The van der Waals surface area contributed by atoms with Crippen LogP contribution in [0.3, 0.4) is 0 Å². The first-order valence-electron chi connectivity index (χ1n) is 9.07. The topological polar surface area (TPSA) is 74.1 Å². The van der Waals surface area contributed by atoms with Crippen LogP contribution in [-0.2, 0) is 4.79 Å². The van der Waals surface area contributed by atoms with Crippen molar-refractivity contribution >= 4 is 23.6 Å². The van der Waals surface area contributed by atoms with Crippen LogP contribution in [0.15, 0.2) is 35.4 Å². The minimum absolute atomic E-state index is 0.280. The van der Waals surface area contributed by atoms with Gasteiger partial charge in [-0.25, -0.2) is 9.37 Å². The number of benzene rings is 1. The maximum atomic E-state index is 13.1. The number of thioether (sulfide) groups is 1. The van der Waals surface area contributed by atoms with Crippen molar-refractivity contribution in [2.75, 3.05) is 6.54 Å². The largest absolute Gasteiger partial charge is 0.278 e. The van der Waals surface area contributed by atoms with Crippen molar-refractivity contribution in [2.24, 2.45) is 0 Å². The Labute approximate surface area is 167 Å².